The van der Waals surface area contributed by atoms with E-state index < -0.39 is 0 Å². The number of ether oxygens (including phenoxy) is 1. The van der Waals surface area contributed by atoms with E-state index in [1.165, 1.54) is 17.7 Å². The van der Waals surface area contributed by atoms with Gasteiger partial charge in [0, 0.05) is 30.6 Å². The van der Waals surface area contributed by atoms with E-state index in [9.17, 15) is 4.79 Å². The molecule has 168 valence electrons. The summed E-state index contributed by atoms with van der Waals surface area (Å²) in [6.07, 6.45) is 5.60. The number of hydrogen-bond acceptors (Lipinski definition) is 4. The van der Waals surface area contributed by atoms with Gasteiger partial charge in [-0.05, 0) is 46.9 Å². The molecule has 3 aromatic rings. The molecule has 1 amide bonds. The van der Waals surface area contributed by atoms with Crippen LogP contribution in [0.3, 0.4) is 0 Å². The highest BCUT2D eigenvalue weighted by molar-refractivity contribution is 7.14. The molecule has 1 atom stereocenters. The Hall–Kier alpha value is -2.15. The summed E-state index contributed by atoms with van der Waals surface area (Å²) in [5.41, 5.74) is 1.11. The van der Waals surface area contributed by atoms with Crippen LogP contribution in [0.5, 0.6) is 0 Å². The molecular weight excluding hydrogens is 436 g/mol. The average Bonchev–Trinajstić information content (AvgIpc) is 3.54. The first-order chi connectivity index (χ1) is 15.7. The number of fused-ring (bicyclic) bond motifs is 3. The molecule has 6 rings (SSSR count). The van der Waals surface area contributed by atoms with E-state index in [4.69, 9.17) is 4.74 Å². The summed E-state index contributed by atoms with van der Waals surface area (Å²) in [4.78, 5) is 16.8. The summed E-state index contributed by atoms with van der Waals surface area (Å²) in [6.45, 7) is 3.92. The fourth-order valence-electron chi connectivity index (χ4n) is 5.32. The van der Waals surface area contributed by atoms with Crippen LogP contribution in [0, 0.1) is 5.92 Å². The van der Waals surface area contributed by atoms with Gasteiger partial charge in [-0.2, -0.15) is 0 Å². The molecule has 2 bridgehead atoms. The predicted molar refractivity (Wildman–Crippen MR) is 132 cm³/mol. The molecular formula is C26H31N2O2S2+. The Kier molecular flexibility index (Phi) is 6.62. The highest BCUT2D eigenvalue weighted by atomic mass is 32.1. The SMILES string of the molecule is O=C(OC1CC2CC[N+]1(CCCc1cccs1)CC2)N(Cc1ccccc1)c1cccs1. The quantitative estimate of drug-likeness (QED) is 0.352. The summed E-state index contributed by atoms with van der Waals surface area (Å²) >= 11 is 3.43. The van der Waals surface area contributed by atoms with Crippen LogP contribution >= 0.6 is 22.7 Å². The van der Waals surface area contributed by atoms with Crippen molar-refractivity contribution < 1.29 is 14.0 Å². The van der Waals surface area contributed by atoms with Gasteiger partial charge in [-0.3, -0.25) is 9.38 Å². The molecule has 32 heavy (non-hydrogen) atoms. The molecule has 1 unspecified atom stereocenters. The number of rotatable bonds is 8. The first-order valence-corrected chi connectivity index (χ1v) is 13.4. The number of benzene rings is 1. The third-order valence-corrected chi connectivity index (χ3v) is 8.96. The first kappa shape index (κ1) is 21.7. The van der Waals surface area contributed by atoms with E-state index in [0.29, 0.717) is 12.5 Å². The van der Waals surface area contributed by atoms with E-state index in [2.05, 4.69) is 29.6 Å². The van der Waals surface area contributed by atoms with Crippen molar-refractivity contribution in [2.45, 2.75) is 44.9 Å². The topological polar surface area (TPSA) is 29.5 Å². The number of aryl methyl sites for hydroxylation is 1. The molecule has 5 heterocycles. The maximum Gasteiger partial charge on any atom is 0.419 e. The predicted octanol–water partition coefficient (Wildman–Crippen LogP) is 6.54. The van der Waals surface area contributed by atoms with Crippen molar-refractivity contribution in [3.63, 3.8) is 0 Å². The number of hydrogen-bond donors (Lipinski definition) is 0. The molecule has 6 heteroatoms. The third kappa shape index (κ3) is 4.77. The number of nitrogens with zero attached hydrogens (tertiary/aromatic N) is 2. The van der Waals surface area contributed by atoms with Gasteiger partial charge in [-0.1, -0.05) is 36.4 Å². The Bertz CT molecular complexity index is 980. The van der Waals surface area contributed by atoms with Crippen LogP contribution in [-0.2, 0) is 17.7 Å². The normalized spacial score (nSPS) is 24.4. The molecule has 3 saturated heterocycles. The monoisotopic (exact) mass is 467 g/mol. The number of carbonyl (C=O) groups excluding carboxylic acids is 1. The molecule has 0 radical (unpaired) electrons. The number of quaternary nitrogens is 1. The minimum absolute atomic E-state index is 0.0171. The van der Waals surface area contributed by atoms with E-state index in [1.807, 2.05) is 51.9 Å². The molecule has 0 N–H and O–H groups in total. The fraction of sp³-hybridized carbons (Fsp3) is 0.423. The van der Waals surface area contributed by atoms with Crippen LogP contribution in [0.1, 0.15) is 36.1 Å². The van der Waals surface area contributed by atoms with Gasteiger partial charge in [-0.25, -0.2) is 4.79 Å². The molecule has 3 aliphatic rings. The van der Waals surface area contributed by atoms with Crippen molar-refractivity contribution in [3.8, 4) is 0 Å². The largest absolute Gasteiger partial charge is 0.419 e. The Balaban J connectivity index is 1.30. The molecule has 2 aromatic heterocycles. The molecule has 3 fully saturated rings. The van der Waals surface area contributed by atoms with E-state index in [-0.39, 0.29) is 12.3 Å². The second kappa shape index (κ2) is 9.77. The number of thiophene rings is 2. The third-order valence-electron chi connectivity index (χ3n) is 7.13. The maximum atomic E-state index is 13.5. The number of anilines is 1. The average molecular weight is 468 g/mol. The standard InChI is InChI=1S/C26H31N2O2S2/c29-26(27(24-11-6-18-32-24)20-22-7-2-1-3-8-22)30-25-19-21-12-15-28(25,16-13-21)14-4-9-23-10-5-17-31-23/h1-3,5-8,10-11,17-18,21,25H,4,9,12-16,19-20H2/q+1. The Morgan fingerprint density at radius 3 is 2.50 bits per heavy atom. The van der Waals surface area contributed by atoms with E-state index in [1.54, 1.807) is 11.3 Å². The van der Waals surface area contributed by atoms with Gasteiger partial charge in [0.2, 0.25) is 6.23 Å². The number of piperidine rings is 3. The summed E-state index contributed by atoms with van der Waals surface area (Å²) in [7, 11) is 0. The molecule has 0 saturated carbocycles. The molecule has 1 aromatic carbocycles. The van der Waals surface area contributed by atoms with Crippen LogP contribution in [-0.4, -0.2) is 36.4 Å². The lowest BCUT2D eigenvalue weighted by atomic mass is 9.84. The Morgan fingerprint density at radius 1 is 1.00 bits per heavy atom. The van der Waals surface area contributed by atoms with Gasteiger partial charge in [0.25, 0.3) is 0 Å². The molecule has 3 aliphatic heterocycles. The van der Waals surface area contributed by atoms with E-state index in [0.717, 1.165) is 53.9 Å². The summed E-state index contributed by atoms with van der Waals surface area (Å²) in [6, 6.07) is 18.6. The lowest BCUT2D eigenvalue weighted by molar-refractivity contribution is -0.984. The van der Waals surface area contributed by atoms with Gasteiger partial charge in [0.1, 0.15) is 5.00 Å². The van der Waals surface area contributed by atoms with Crippen molar-refractivity contribution in [1.82, 2.24) is 0 Å². The summed E-state index contributed by atoms with van der Waals surface area (Å²) in [5.74, 6) is 0.703. The van der Waals surface area contributed by atoms with Crippen LogP contribution < -0.4 is 4.90 Å². The van der Waals surface area contributed by atoms with Gasteiger partial charge in [0.15, 0.2) is 0 Å². The minimum atomic E-state index is -0.204. The van der Waals surface area contributed by atoms with Crippen LogP contribution in [0.2, 0.25) is 0 Å². The highest BCUT2D eigenvalue weighted by Gasteiger charge is 2.49. The molecule has 0 aliphatic carbocycles. The van der Waals surface area contributed by atoms with Crippen LogP contribution in [0.25, 0.3) is 0 Å². The van der Waals surface area contributed by atoms with Crippen molar-refractivity contribution in [1.29, 1.82) is 0 Å². The summed E-state index contributed by atoms with van der Waals surface area (Å²) < 4.78 is 7.30. The number of carbonyl (C=O) groups is 1. The van der Waals surface area contributed by atoms with Gasteiger partial charge >= 0.3 is 6.09 Å². The van der Waals surface area contributed by atoms with Crippen LogP contribution in [0.4, 0.5) is 9.80 Å². The molecule has 0 spiro atoms. The Labute approximate surface area is 198 Å². The van der Waals surface area contributed by atoms with Crippen molar-refractivity contribution in [3.05, 3.63) is 75.8 Å². The zero-order valence-electron chi connectivity index (χ0n) is 18.4. The lowest BCUT2D eigenvalue weighted by Gasteiger charge is -2.53. The zero-order chi connectivity index (χ0) is 21.8. The second-order valence-electron chi connectivity index (χ2n) is 9.11. The van der Waals surface area contributed by atoms with Gasteiger partial charge < -0.3 is 4.74 Å². The lowest BCUT2D eigenvalue weighted by Crippen LogP contribution is -2.66. The highest BCUT2D eigenvalue weighted by Crippen LogP contribution is 2.40. The number of amides is 1. The van der Waals surface area contributed by atoms with Crippen LogP contribution in [0.15, 0.2) is 65.4 Å². The van der Waals surface area contributed by atoms with Crippen molar-refractivity contribution in [2.75, 3.05) is 24.5 Å². The zero-order valence-corrected chi connectivity index (χ0v) is 20.0. The molecule has 4 nitrogen and oxygen atoms in total. The minimum Gasteiger partial charge on any atom is -0.396 e. The van der Waals surface area contributed by atoms with Gasteiger partial charge in [-0.15, -0.1) is 22.7 Å². The van der Waals surface area contributed by atoms with Gasteiger partial charge in [0.05, 0.1) is 26.2 Å². The van der Waals surface area contributed by atoms with Crippen molar-refractivity contribution >= 4 is 33.8 Å². The smallest absolute Gasteiger partial charge is 0.396 e. The summed E-state index contributed by atoms with van der Waals surface area (Å²) in [5, 5.41) is 5.12. The fourth-order valence-corrected chi connectivity index (χ4v) is 6.79. The van der Waals surface area contributed by atoms with E-state index >= 15 is 0 Å². The maximum absolute atomic E-state index is 13.5. The second-order valence-corrected chi connectivity index (χ2v) is 11.1. The first-order valence-electron chi connectivity index (χ1n) is 11.7. The Morgan fingerprint density at radius 2 is 1.78 bits per heavy atom. The van der Waals surface area contributed by atoms with Crippen molar-refractivity contribution in [2.24, 2.45) is 5.92 Å².